The third-order valence-corrected chi connectivity index (χ3v) is 2.47. The lowest BCUT2D eigenvalue weighted by atomic mass is 10.2. The van der Waals surface area contributed by atoms with Gasteiger partial charge in [-0.3, -0.25) is 14.7 Å². The Bertz CT molecular complexity index is 593. The fraction of sp³-hybridized carbons (Fsp3) is 0.182. The van der Waals surface area contributed by atoms with Gasteiger partial charge < -0.3 is 16.2 Å². The zero-order valence-electron chi connectivity index (χ0n) is 9.38. The van der Waals surface area contributed by atoms with E-state index in [1.54, 1.807) is 18.2 Å². The van der Waals surface area contributed by atoms with Gasteiger partial charge in [0.15, 0.2) is 5.69 Å². The average Bonchev–Trinajstić information content (AvgIpc) is 2.79. The molecule has 0 aliphatic heterocycles. The van der Waals surface area contributed by atoms with Gasteiger partial charge in [0.25, 0.3) is 5.91 Å². The number of hydrogen-bond acceptors (Lipinski definition) is 4. The third-order valence-electron chi connectivity index (χ3n) is 2.47. The summed E-state index contributed by atoms with van der Waals surface area (Å²) in [5.74, 6) is -1.37. The average molecular weight is 248 g/mol. The van der Waals surface area contributed by atoms with E-state index in [0.29, 0.717) is 5.39 Å². The van der Waals surface area contributed by atoms with E-state index in [0.717, 1.165) is 5.52 Å². The van der Waals surface area contributed by atoms with E-state index in [1.807, 2.05) is 6.07 Å². The molecule has 0 fully saturated rings. The minimum Gasteiger partial charge on any atom is -0.381 e. The molecule has 0 saturated carbocycles. The Morgan fingerprint density at radius 1 is 1.44 bits per heavy atom. The molecule has 0 spiro atoms. The molecular weight excluding hydrogens is 236 g/mol. The highest BCUT2D eigenvalue weighted by atomic mass is 16.3. The number of nitrogens with one attached hydrogen (secondary N) is 2. The highest BCUT2D eigenvalue weighted by Crippen LogP contribution is 2.14. The molecule has 1 aromatic heterocycles. The second kappa shape index (κ2) is 4.84. The van der Waals surface area contributed by atoms with E-state index in [4.69, 9.17) is 10.8 Å². The zero-order chi connectivity index (χ0) is 13.1. The standard InChI is InChI=1S/C11H12N4O3/c12-10(17)8(16)5-13-11(18)9-6-3-1-2-4-7(6)14-15-9/h1-4,8,16H,5H2,(H2,12,17)(H,13,18)(H,14,15). The van der Waals surface area contributed by atoms with Crippen molar-refractivity contribution in [2.45, 2.75) is 6.10 Å². The summed E-state index contributed by atoms with van der Waals surface area (Å²) >= 11 is 0. The number of fused-ring (bicyclic) bond motifs is 1. The van der Waals surface area contributed by atoms with E-state index >= 15 is 0 Å². The maximum atomic E-state index is 11.8. The number of amides is 2. The lowest BCUT2D eigenvalue weighted by Crippen LogP contribution is -2.40. The summed E-state index contributed by atoms with van der Waals surface area (Å²) in [6.45, 7) is -0.241. The second-order valence-corrected chi connectivity index (χ2v) is 3.75. The van der Waals surface area contributed by atoms with Crippen LogP contribution in [0.2, 0.25) is 0 Å². The molecule has 2 rings (SSSR count). The van der Waals surface area contributed by atoms with Crippen LogP contribution in [0.15, 0.2) is 24.3 Å². The van der Waals surface area contributed by atoms with Crippen molar-refractivity contribution in [2.75, 3.05) is 6.54 Å². The van der Waals surface area contributed by atoms with Crippen LogP contribution in [0.5, 0.6) is 0 Å². The number of aromatic nitrogens is 2. The van der Waals surface area contributed by atoms with E-state index in [2.05, 4.69) is 15.5 Å². The largest absolute Gasteiger partial charge is 0.381 e. The Morgan fingerprint density at radius 2 is 2.17 bits per heavy atom. The molecule has 7 nitrogen and oxygen atoms in total. The minimum absolute atomic E-state index is 0.210. The van der Waals surface area contributed by atoms with Crippen molar-refractivity contribution in [3.8, 4) is 0 Å². The van der Waals surface area contributed by atoms with E-state index in [1.165, 1.54) is 0 Å². The van der Waals surface area contributed by atoms with Gasteiger partial charge >= 0.3 is 0 Å². The fourth-order valence-corrected chi connectivity index (χ4v) is 1.51. The van der Waals surface area contributed by atoms with Crippen LogP contribution in [0.4, 0.5) is 0 Å². The Hall–Kier alpha value is -2.41. The first-order chi connectivity index (χ1) is 8.59. The maximum absolute atomic E-state index is 11.8. The van der Waals surface area contributed by atoms with Crippen molar-refractivity contribution >= 4 is 22.7 Å². The molecule has 1 aromatic carbocycles. The van der Waals surface area contributed by atoms with Gasteiger partial charge in [0.05, 0.1) is 12.1 Å². The van der Waals surface area contributed by atoms with Crippen molar-refractivity contribution in [1.82, 2.24) is 15.5 Å². The first-order valence-corrected chi connectivity index (χ1v) is 5.28. The molecule has 18 heavy (non-hydrogen) atoms. The molecule has 1 unspecified atom stereocenters. The summed E-state index contributed by atoms with van der Waals surface area (Å²) in [5.41, 5.74) is 5.81. The number of aromatic amines is 1. The third kappa shape index (κ3) is 2.30. The summed E-state index contributed by atoms with van der Waals surface area (Å²) in [6.07, 6.45) is -1.40. The number of carbonyl (C=O) groups is 2. The molecule has 94 valence electrons. The second-order valence-electron chi connectivity index (χ2n) is 3.75. The molecule has 5 N–H and O–H groups in total. The van der Waals surface area contributed by atoms with E-state index in [-0.39, 0.29) is 12.2 Å². The summed E-state index contributed by atoms with van der Waals surface area (Å²) in [6, 6.07) is 7.14. The molecule has 7 heteroatoms. The highest BCUT2D eigenvalue weighted by Gasteiger charge is 2.16. The number of H-pyrrole nitrogens is 1. The number of aliphatic hydroxyl groups is 1. The zero-order valence-corrected chi connectivity index (χ0v) is 9.38. The summed E-state index contributed by atoms with van der Waals surface area (Å²) in [5, 5.41) is 18.8. The predicted molar refractivity (Wildman–Crippen MR) is 63.6 cm³/mol. The van der Waals surface area contributed by atoms with Crippen LogP contribution in [0.25, 0.3) is 10.9 Å². The molecule has 0 aliphatic carbocycles. The number of hydrogen-bond donors (Lipinski definition) is 4. The normalized spacial score (nSPS) is 12.3. The van der Waals surface area contributed by atoms with Gasteiger partial charge in [-0.2, -0.15) is 5.10 Å². The number of nitrogens with two attached hydrogens (primary N) is 1. The predicted octanol–water partition coefficient (Wildman–Crippen LogP) is -0.861. The summed E-state index contributed by atoms with van der Waals surface area (Å²) in [4.78, 5) is 22.4. The van der Waals surface area contributed by atoms with Gasteiger partial charge in [-0.15, -0.1) is 0 Å². The molecule has 0 aliphatic rings. The molecule has 0 radical (unpaired) electrons. The van der Waals surface area contributed by atoms with Crippen LogP contribution >= 0.6 is 0 Å². The summed E-state index contributed by atoms with van der Waals surface area (Å²) < 4.78 is 0. The van der Waals surface area contributed by atoms with Crippen molar-refractivity contribution in [1.29, 1.82) is 0 Å². The number of carbonyl (C=O) groups excluding carboxylic acids is 2. The van der Waals surface area contributed by atoms with Gasteiger partial charge in [-0.25, -0.2) is 0 Å². The monoisotopic (exact) mass is 248 g/mol. The number of benzene rings is 1. The fourth-order valence-electron chi connectivity index (χ4n) is 1.51. The Balaban J connectivity index is 2.12. The van der Waals surface area contributed by atoms with E-state index < -0.39 is 17.9 Å². The topological polar surface area (TPSA) is 121 Å². The summed E-state index contributed by atoms with van der Waals surface area (Å²) in [7, 11) is 0. The molecule has 0 bridgehead atoms. The lowest BCUT2D eigenvalue weighted by Gasteiger charge is -2.07. The maximum Gasteiger partial charge on any atom is 0.272 e. The highest BCUT2D eigenvalue weighted by molar-refractivity contribution is 6.04. The van der Waals surface area contributed by atoms with Gasteiger partial charge in [0.1, 0.15) is 6.10 Å². The first kappa shape index (κ1) is 12.1. The molecule has 2 aromatic rings. The van der Waals surface area contributed by atoms with Crippen molar-refractivity contribution in [3.63, 3.8) is 0 Å². The van der Waals surface area contributed by atoms with Crippen LogP contribution < -0.4 is 11.1 Å². The number of primary amides is 1. The quantitative estimate of drug-likeness (QED) is 0.562. The first-order valence-electron chi connectivity index (χ1n) is 5.28. The minimum atomic E-state index is -1.40. The number of aliphatic hydroxyl groups excluding tert-OH is 1. The van der Waals surface area contributed by atoms with Gasteiger partial charge in [-0.1, -0.05) is 18.2 Å². The van der Waals surface area contributed by atoms with Crippen LogP contribution in [0.1, 0.15) is 10.5 Å². The number of rotatable bonds is 4. The Labute approximate surface area is 102 Å². The Morgan fingerprint density at radius 3 is 2.89 bits per heavy atom. The molecule has 2 amide bonds. The van der Waals surface area contributed by atoms with Crippen LogP contribution in [-0.2, 0) is 4.79 Å². The van der Waals surface area contributed by atoms with Gasteiger partial charge in [0.2, 0.25) is 5.91 Å². The van der Waals surface area contributed by atoms with E-state index in [9.17, 15) is 9.59 Å². The number of para-hydroxylation sites is 1. The van der Waals surface area contributed by atoms with Crippen LogP contribution in [0, 0.1) is 0 Å². The number of nitrogens with zero attached hydrogens (tertiary/aromatic N) is 1. The van der Waals surface area contributed by atoms with Gasteiger partial charge in [0, 0.05) is 5.39 Å². The van der Waals surface area contributed by atoms with Crippen LogP contribution in [0.3, 0.4) is 0 Å². The van der Waals surface area contributed by atoms with Gasteiger partial charge in [-0.05, 0) is 6.07 Å². The molecular formula is C11H12N4O3. The lowest BCUT2D eigenvalue weighted by molar-refractivity contribution is -0.125. The van der Waals surface area contributed by atoms with Crippen LogP contribution in [-0.4, -0.2) is 39.8 Å². The smallest absolute Gasteiger partial charge is 0.272 e. The Kier molecular flexibility index (Phi) is 3.24. The van der Waals surface area contributed by atoms with Crippen molar-refractivity contribution in [2.24, 2.45) is 5.73 Å². The molecule has 1 atom stereocenters. The van der Waals surface area contributed by atoms with Crippen molar-refractivity contribution < 1.29 is 14.7 Å². The molecule has 1 heterocycles. The van der Waals surface area contributed by atoms with Crippen molar-refractivity contribution in [3.05, 3.63) is 30.0 Å². The molecule has 0 saturated heterocycles. The SMILES string of the molecule is NC(=O)C(O)CNC(=O)c1n[nH]c2ccccc12.